The molecule has 0 aromatic heterocycles. The van der Waals surface area contributed by atoms with Crippen LogP contribution in [0.4, 0.5) is 0 Å². The van der Waals surface area contributed by atoms with E-state index in [2.05, 4.69) is 0 Å². The molecule has 0 fully saturated rings. The molecule has 0 aromatic rings. The Morgan fingerprint density at radius 1 is 1.05 bits per heavy atom. The molecule has 3 N–H and O–H groups in total. The van der Waals surface area contributed by atoms with E-state index in [1.807, 2.05) is 0 Å². The van der Waals surface area contributed by atoms with E-state index in [0.29, 0.717) is 6.54 Å². The van der Waals surface area contributed by atoms with Gasteiger partial charge in [0.25, 0.3) is 0 Å². The Morgan fingerprint density at radius 3 is 2.10 bits per heavy atom. The number of aliphatic carboxylic acids is 2. The average molecular weight is 309 g/mol. The molecule has 9 nitrogen and oxygen atoms in total. The van der Waals surface area contributed by atoms with Gasteiger partial charge in [-0.1, -0.05) is 0 Å². The monoisotopic (exact) mass is 309 g/mol. The van der Waals surface area contributed by atoms with E-state index in [1.165, 1.54) is 6.92 Å². The summed E-state index contributed by atoms with van der Waals surface area (Å²) in [5, 5.41) is 26.0. The fourth-order valence-electron chi connectivity index (χ4n) is 1.39. The van der Waals surface area contributed by atoms with Crippen LogP contribution in [0.1, 0.15) is 13.8 Å². The van der Waals surface area contributed by atoms with Crippen molar-refractivity contribution >= 4 is 11.9 Å². The van der Waals surface area contributed by atoms with Gasteiger partial charge in [-0.05, 0) is 13.8 Å². The summed E-state index contributed by atoms with van der Waals surface area (Å²) in [5.74, 6) is -2.07. The minimum absolute atomic E-state index is 0.101. The van der Waals surface area contributed by atoms with Crippen molar-refractivity contribution in [1.29, 1.82) is 0 Å². The molecule has 21 heavy (non-hydrogen) atoms. The van der Waals surface area contributed by atoms with Gasteiger partial charge in [-0.3, -0.25) is 9.69 Å². The minimum atomic E-state index is -1.07. The molecule has 0 rings (SSSR count). The highest BCUT2D eigenvalue weighted by molar-refractivity contribution is 5.71. The first kappa shape index (κ1) is 19.7. The number of hydrogen-bond donors (Lipinski definition) is 3. The predicted molar refractivity (Wildman–Crippen MR) is 70.7 cm³/mol. The molecule has 0 aromatic carbocycles. The zero-order chi connectivity index (χ0) is 16.3. The van der Waals surface area contributed by atoms with Gasteiger partial charge in [0, 0.05) is 13.1 Å². The van der Waals surface area contributed by atoms with Gasteiger partial charge in [0.05, 0.1) is 19.8 Å². The lowest BCUT2D eigenvalue weighted by atomic mass is 10.4. The maximum Gasteiger partial charge on any atom is 0.332 e. The maximum absolute atomic E-state index is 10.7. The van der Waals surface area contributed by atoms with Crippen molar-refractivity contribution in [2.45, 2.75) is 26.2 Å². The smallest absolute Gasteiger partial charge is 0.332 e. The summed E-state index contributed by atoms with van der Waals surface area (Å²) in [6, 6.07) is 0. The molecular formula is C12H23NO8. The number of carbonyl (C=O) groups is 2. The molecular weight excluding hydrogens is 286 g/mol. The second-order valence-electron chi connectivity index (χ2n) is 4.26. The van der Waals surface area contributed by atoms with E-state index in [-0.39, 0.29) is 26.3 Å². The highest BCUT2D eigenvalue weighted by Crippen LogP contribution is 1.97. The quantitative estimate of drug-likeness (QED) is 0.374. The van der Waals surface area contributed by atoms with E-state index in [1.54, 1.807) is 11.8 Å². The largest absolute Gasteiger partial charge is 0.480 e. The molecule has 0 saturated carbocycles. The molecule has 0 saturated heterocycles. The molecule has 9 heteroatoms. The molecule has 0 aliphatic rings. The molecule has 0 aliphatic heterocycles. The summed E-state index contributed by atoms with van der Waals surface area (Å²) in [6.45, 7) is 3.24. The van der Waals surface area contributed by atoms with Gasteiger partial charge in [0.15, 0.2) is 12.4 Å². The minimum Gasteiger partial charge on any atom is -0.480 e. The molecule has 124 valence electrons. The first-order valence-corrected chi connectivity index (χ1v) is 6.49. The van der Waals surface area contributed by atoms with Crippen LogP contribution in [0.3, 0.4) is 0 Å². The van der Waals surface area contributed by atoms with Crippen LogP contribution in [0.25, 0.3) is 0 Å². The summed E-state index contributed by atoms with van der Waals surface area (Å²) in [5.41, 5.74) is 0. The van der Waals surface area contributed by atoms with Crippen LogP contribution in [0.15, 0.2) is 0 Å². The normalized spacial score (nSPS) is 14.1. The third-order valence-corrected chi connectivity index (χ3v) is 2.55. The topological polar surface area (TPSA) is 126 Å². The fraction of sp³-hybridized carbons (Fsp3) is 0.833. The third-order valence-electron chi connectivity index (χ3n) is 2.55. The highest BCUT2D eigenvalue weighted by Gasteiger charge is 2.14. The van der Waals surface area contributed by atoms with Gasteiger partial charge >= 0.3 is 11.9 Å². The first-order chi connectivity index (χ1) is 9.86. The Kier molecular flexibility index (Phi) is 10.7. The molecule has 2 unspecified atom stereocenters. The van der Waals surface area contributed by atoms with Gasteiger partial charge in [0.1, 0.15) is 6.79 Å². The lowest BCUT2D eigenvalue weighted by Gasteiger charge is -2.21. The first-order valence-electron chi connectivity index (χ1n) is 6.49. The molecule has 0 aliphatic carbocycles. The fourth-order valence-corrected chi connectivity index (χ4v) is 1.39. The van der Waals surface area contributed by atoms with Crippen molar-refractivity contribution < 1.29 is 39.1 Å². The summed E-state index contributed by atoms with van der Waals surface area (Å²) >= 11 is 0. The SMILES string of the molecule is CC(OCO)OCCN(CCOC(C)C(=O)O)CC(=O)O. The Morgan fingerprint density at radius 2 is 1.62 bits per heavy atom. The van der Waals surface area contributed by atoms with Gasteiger partial charge < -0.3 is 29.5 Å². The number of rotatable bonds is 13. The number of carboxylic acid groups (broad SMARTS) is 2. The van der Waals surface area contributed by atoms with Crippen LogP contribution in [-0.4, -0.2) is 84.2 Å². The van der Waals surface area contributed by atoms with Crippen molar-refractivity contribution in [2.24, 2.45) is 0 Å². The molecule has 0 amide bonds. The maximum atomic E-state index is 10.7. The number of aliphatic hydroxyl groups is 1. The van der Waals surface area contributed by atoms with E-state index in [0.717, 1.165) is 0 Å². The molecule has 0 bridgehead atoms. The Labute approximate surface area is 123 Å². The molecule has 0 radical (unpaired) electrons. The lowest BCUT2D eigenvalue weighted by molar-refractivity contribution is -0.173. The van der Waals surface area contributed by atoms with Crippen molar-refractivity contribution in [3.8, 4) is 0 Å². The van der Waals surface area contributed by atoms with Crippen molar-refractivity contribution in [3.63, 3.8) is 0 Å². The van der Waals surface area contributed by atoms with Crippen LogP contribution in [-0.2, 0) is 23.8 Å². The van der Waals surface area contributed by atoms with Crippen LogP contribution >= 0.6 is 0 Å². The van der Waals surface area contributed by atoms with Gasteiger partial charge in [0.2, 0.25) is 0 Å². The summed E-state index contributed by atoms with van der Waals surface area (Å²) < 4.78 is 15.0. The summed E-state index contributed by atoms with van der Waals surface area (Å²) in [7, 11) is 0. The zero-order valence-electron chi connectivity index (χ0n) is 12.2. The van der Waals surface area contributed by atoms with Crippen LogP contribution in [0.2, 0.25) is 0 Å². The summed E-state index contributed by atoms with van der Waals surface area (Å²) in [4.78, 5) is 22.9. The van der Waals surface area contributed by atoms with E-state index >= 15 is 0 Å². The number of carboxylic acids is 2. The van der Waals surface area contributed by atoms with Crippen LogP contribution in [0, 0.1) is 0 Å². The predicted octanol–water partition coefficient (Wildman–Crippen LogP) is -0.808. The Balaban J connectivity index is 4.02. The average Bonchev–Trinajstić information content (AvgIpc) is 2.37. The summed E-state index contributed by atoms with van der Waals surface area (Å²) in [6.07, 6.45) is -1.53. The number of hydrogen-bond acceptors (Lipinski definition) is 7. The zero-order valence-corrected chi connectivity index (χ0v) is 12.2. The Bertz CT molecular complexity index is 312. The number of nitrogens with zero attached hydrogens (tertiary/aromatic N) is 1. The van der Waals surface area contributed by atoms with E-state index in [4.69, 9.17) is 29.5 Å². The van der Waals surface area contributed by atoms with Crippen LogP contribution in [0.5, 0.6) is 0 Å². The number of ether oxygens (including phenoxy) is 3. The van der Waals surface area contributed by atoms with E-state index in [9.17, 15) is 9.59 Å². The van der Waals surface area contributed by atoms with Gasteiger partial charge in [-0.2, -0.15) is 0 Å². The number of aliphatic hydroxyl groups excluding tert-OH is 1. The lowest BCUT2D eigenvalue weighted by Crippen LogP contribution is -2.37. The highest BCUT2D eigenvalue weighted by atomic mass is 16.7. The third kappa shape index (κ3) is 11.1. The van der Waals surface area contributed by atoms with Crippen LogP contribution < -0.4 is 0 Å². The van der Waals surface area contributed by atoms with Gasteiger partial charge in [-0.25, -0.2) is 4.79 Å². The van der Waals surface area contributed by atoms with Crippen molar-refractivity contribution in [3.05, 3.63) is 0 Å². The van der Waals surface area contributed by atoms with Gasteiger partial charge in [-0.15, -0.1) is 0 Å². The van der Waals surface area contributed by atoms with Crippen molar-refractivity contribution in [2.75, 3.05) is 39.6 Å². The molecule has 0 heterocycles. The molecule has 2 atom stereocenters. The standard InChI is InChI=1S/C12H23NO8/c1-9(12(17)18)19-5-3-13(7-11(15)16)4-6-20-10(2)21-8-14/h9-10,14H,3-8H2,1-2H3,(H,15,16)(H,17,18). The molecule has 0 spiro atoms. The van der Waals surface area contributed by atoms with E-state index < -0.39 is 31.1 Å². The second-order valence-corrected chi connectivity index (χ2v) is 4.26. The van der Waals surface area contributed by atoms with Crippen molar-refractivity contribution in [1.82, 2.24) is 4.90 Å². The second kappa shape index (κ2) is 11.4. The Hall–Kier alpha value is -1.26.